The van der Waals surface area contributed by atoms with E-state index < -0.39 is 0 Å². The van der Waals surface area contributed by atoms with Crippen molar-refractivity contribution in [2.24, 2.45) is 5.10 Å². The number of furan rings is 2. The standard InChI is InChI=1S/C17H17N5O3S/c1-2-15-18-17(20-19-15)26-10-16(23)22-12(14-6-4-8-25-14)9-11(21-22)13-5-3-7-24-13/h3-8,12H,2,9-10H2,1H3,(H,18,19,20). The lowest BCUT2D eigenvalue weighted by Gasteiger charge is -2.19. The van der Waals surface area contributed by atoms with Gasteiger partial charge in [0, 0.05) is 12.8 Å². The monoisotopic (exact) mass is 371 g/mol. The van der Waals surface area contributed by atoms with Crippen LogP contribution in [-0.4, -0.2) is 37.6 Å². The van der Waals surface area contributed by atoms with Gasteiger partial charge in [0.1, 0.15) is 29.1 Å². The summed E-state index contributed by atoms with van der Waals surface area (Å²) >= 11 is 1.28. The second kappa shape index (κ2) is 7.20. The van der Waals surface area contributed by atoms with Crippen molar-refractivity contribution in [3.8, 4) is 0 Å². The molecule has 0 fully saturated rings. The van der Waals surface area contributed by atoms with Crippen LogP contribution in [0.15, 0.2) is 55.9 Å². The number of nitrogens with one attached hydrogen (secondary N) is 1. The Morgan fingerprint density at radius 3 is 2.88 bits per heavy atom. The van der Waals surface area contributed by atoms with Crippen LogP contribution in [0.2, 0.25) is 0 Å². The third-order valence-electron chi connectivity index (χ3n) is 4.01. The van der Waals surface area contributed by atoms with Gasteiger partial charge in [-0.3, -0.25) is 9.89 Å². The molecule has 3 aromatic heterocycles. The number of hydrazone groups is 1. The van der Waals surface area contributed by atoms with E-state index >= 15 is 0 Å². The Labute approximate surface area is 153 Å². The first-order chi connectivity index (χ1) is 12.7. The fraction of sp³-hybridized carbons (Fsp3) is 0.294. The fourth-order valence-corrected chi connectivity index (χ4v) is 3.40. The summed E-state index contributed by atoms with van der Waals surface area (Å²) in [5.74, 6) is 2.20. The molecule has 1 amide bonds. The normalized spacial score (nSPS) is 16.9. The van der Waals surface area contributed by atoms with Crippen LogP contribution in [0.4, 0.5) is 0 Å². The molecule has 0 radical (unpaired) electrons. The van der Waals surface area contributed by atoms with Gasteiger partial charge in [0.15, 0.2) is 0 Å². The molecule has 8 nitrogen and oxygen atoms in total. The van der Waals surface area contributed by atoms with Crippen LogP contribution < -0.4 is 0 Å². The van der Waals surface area contributed by atoms with E-state index in [1.54, 1.807) is 24.7 Å². The Hall–Kier alpha value is -2.81. The molecule has 1 aliphatic heterocycles. The van der Waals surface area contributed by atoms with Crippen molar-refractivity contribution >= 4 is 23.4 Å². The van der Waals surface area contributed by atoms with Crippen molar-refractivity contribution in [2.75, 3.05) is 5.75 Å². The van der Waals surface area contributed by atoms with Crippen molar-refractivity contribution in [3.05, 3.63) is 54.1 Å². The highest BCUT2D eigenvalue weighted by molar-refractivity contribution is 7.99. The molecule has 134 valence electrons. The second-order valence-corrected chi connectivity index (χ2v) is 6.65. The lowest BCUT2D eigenvalue weighted by atomic mass is 10.1. The number of aryl methyl sites for hydroxylation is 1. The summed E-state index contributed by atoms with van der Waals surface area (Å²) in [6, 6.07) is 7.01. The van der Waals surface area contributed by atoms with Crippen molar-refractivity contribution in [1.82, 2.24) is 20.2 Å². The van der Waals surface area contributed by atoms with E-state index in [9.17, 15) is 4.79 Å². The van der Waals surface area contributed by atoms with Crippen molar-refractivity contribution in [3.63, 3.8) is 0 Å². The number of thioether (sulfide) groups is 1. The zero-order valence-corrected chi connectivity index (χ0v) is 14.9. The predicted molar refractivity (Wildman–Crippen MR) is 94.6 cm³/mol. The third-order valence-corrected chi connectivity index (χ3v) is 4.85. The summed E-state index contributed by atoms with van der Waals surface area (Å²) < 4.78 is 10.9. The summed E-state index contributed by atoms with van der Waals surface area (Å²) in [6.45, 7) is 1.99. The van der Waals surface area contributed by atoms with Crippen LogP contribution in [0.25, 0.3) is 0 Å². The maximum atomic E-state index is 12.8. The highest BCUT2D eigenvalue weighted by Crippen LogP contribution is 2.33. The zero-order valence-electron chi connectivity index (χ0n) is 14.1. The summed E-state index contributed by atoms with van der Waals surface area (Å²) in [5, 5.41) is 13.5. The van der Waals surface area contributed by atoms with Crippen molar-refractivity contribution in [1.29, 1.82) is 0 Å². The van der Waals surface area contributed by atoms with Gasteiger partial charge in [0.05, 0.1) is 18.3 Å². The van der Waals surface area contributed by atoms with Gasteiger partial charge in [-0.15, -0.1) is 5.10 Å². The molecule has 0 spiro atoms. The molecular formula is C17H17N5O3S. The minimum absolute atomic E-state index is 0.138. The second-order valence-electron chi connectivity index (χ2n) is 5.70. The van der Waals surface area contributed by atoms with Crippen LogP contribution in [-0.2, 0) is 11.2 Å². The van der Waals surface area contributed by atoms with Gasteiger partial charge in [0.2, 0.25) is 5.16 Å². The average molecular weight is 371 g/mol. The zero-order chi connectivity index (χ0) is 17.9. The van der Waals surface area contributed by atoms with Gasteiger partial charge in [-0.2, -0.15) is 5.10 Å². The number of nitrogens with zero attached hydrogens (tertiary/aromatic N) is 4. The molecule has 1 unspecified atom stereocenters. The van der Waals surface area contributed by atoms with E-state index in [-0.39, 0.29) is 17.7 Å². The molecule has 1 aliphatic rings. The van der Waals surface area contributed by atoms with E-state index in [2.05, 4.69) is 20.3 Å². The highest BCUT2D eigenvalue weighted by atomic mass is 32.2. The maximum Gasteiger partial charge on any atom is 0.253 e. The first kappa shape index (κ1) is 16.6. The molecule has 26 heavy (non-hydrogen) atoms. The molecule has 4 rings (SSSR count). The largest absolute Gasteiger partial charge is 0.467 e. The number of hydrogen-bond donors (Lipinski definition) is 1. The SMILES string of the molecule is CCc1nc(SCC(=O)N2N=C(c3ccco3)CC2c2ccco2)n[nH]1. The molecule has 0 aromatic carbocycles. The van der Waals surface area contributed by atoms with Crippen molar-refractivity contribution in [2.45, 2.75) is 31.0 Å². The number of aromatic nitrogens is 3. The molecular weight excluding hydrogens is 354 g/mol. The smallest absolute Gasteiger partial charge is 0.253 e. The minimum atomic E-state index is -0.281. The number of carbonyl (C=O) groups excluding carboxylic acids is 1. The Morgan fingerprint density at radius 2 is 2.19 bits per heavy atom. The number of rotatable bonds is 6. The van der Waals surface area contributed by atoms with Crippen LogP contribution in [0.1, 0.15) is 36.7 Å². The minimum Gasteiger partial charge on any atom is -0.467 e. The van der Waals surface area contributed by atoms with Gasteiger partial charge in [-0.25, -0.2) is 9.99 Å². The molecule has 0 saturated heterocycles. The summed E-state index contributed by atoms with van der Waals surface area (Å²) in [7, 11) is 0. The molecule has 0 aliphatic carbocycles. The first-order valence-electron chi connectivity index (χ1n) is 8.25. The van der Waals surface area contributed by atoms with Crippen LogP contribution in [0.5, 0.6) is 0 Å². The first-order valence-corrected chi connectivity index (χ1v) is 9.24. The van der Waals surface area contributed by atoms with Gasteiger partial charge in [-0.05, 0) is 24.3 Å². The number of hydrogen-bond acceptors (Lipinski definition) is 7. The Balaban J connectivity index is 1.51. The molecule has 4 heterocycles. The summed E-state index contributed by atoms with van der Waals surface area (Å²) in [6.07, 6.45) is 4.50. The maximum absolute atomic E-state index is 12.8. The van der Waals surface area contributed by atoms with Gasteiger partial charge in [-0.1, -0.05) is 18.7 Å². The topological polar surface area (TPSA) is 101 Å². The van der Waals surface area contributed by atoms with E-state index in [4.69, 9.17) is 8.83 Å². The molecule has 0 saturated carbocycles. The Morgan fingerprint density at radius 1 is 1.35 bits per heavy atom. The van der Waals surface area contributed by atoms with Crippen molar-refractivity contribution < 1.29 is 13.6 Å². The van der Waals surface area contributed by atoms with Gasteiger partial charge < -0.3 is 8.83 Å². The summed E-state index contributed by atoms with van der Waals surface area (Å²) in [5.41, 5.74) is 0.723. The van der Waals surface area contributed by atoms with E-state index in [0.717, 1.165) is 18.0 Å². The number of amides is 1. The molecule has 1 atom stereocenters. The quantitative estimate of drug-likeness (QED) is 0.669. The predicted octanol–water partition coefficient (Wildman–Crippen LogP) is 3.02. The molecule has 9 heteroatoms. The third kappa shape index (κ3) is 3.30. The highest BCUT2D eigenvalue weighted by Gasteiger charge is 2.35. The molecule has 0 bridgehead atoms. The molecule has 1 N–H and O–H groups in total. The summed E-state index contributed by atoms with van der Waals surface area (Å²) in [4.78, 5) is 17.1. The lowest BCUT2D eigenvalue weighted by Crippen LogP contribution is -2.28. The number of aromatic amines is 1. The van der Waals surface area contributed by atoms with Gasteiger partial charge >= 0.3 is 0 Å². The van der Waals surface area contributed by atoms with Crippen LogP contribution in [0, 0.1) is 0 Å². The Kier molecular flexibility index (Phi) is 4.61. The molecule has 3 aromatic rings. The van der Waals surface area contributed by atoms with E-state index in [0.29, 0.717) is 23.1 Å². The van der Waals surface area contributed by atoms with E-state index in [1.807, 2.05) is 19.1 Å². The fourth-order valence-electron chi connectivity index (χ4n) is 2.73. The van der Waals surface area contributed by atoms with Crippen LogP contribution >= 0.6 is 11.8 Å². The lowest BCUT2D eigenvalue weighted by molar-refractivity contribution is -0.130. The number of H-pyrrole nitrogens is 1. The Bertz CT molecular complexity index is 901. The van der Waals surface area contributed by atoms with Crippen LogP contribution in [0.3, 0.4) is 0 Å². The average Bonchev–Trinajstić information content (AvgIpc) is 3.45. The number of carbonyl (C=O) groups is 1. The van der Waals surface area contributed by atoms with E-state index in [1.165, 1.54) is 16.8 Å². The van der Waals surface area contributed by atoms with Gasteiger partial charge in [0.25, 0.3) is 5.91 Å².